The van der Waals surface area contributed by atoms with Gasteiger partial charge in [0.2, 0.25) is 16.6 Å². The van der Waals surface area contributed by atoms with Crippen LogP contribution in [0.5, 0.6) is 0 Å². The number of benzene rings is 2. The summed E-state index contributed by atoms with van der Waals surface area (Å²) in [7, 11) is -3.50. The molecular weight excluding hydrogens is 502 g/mol. The van der Waals surface area contributed by atoms with E-state index in [-0.39, 0.29) is 11.1 Å². The molecule has 0 spiro atoms. The predicted molar refractivity (Wildman–Crippen MR) is 134 cm³/mol. The van der Waals surface area contributed by atoms with Gasteiger partial charge in [0, 0.05) is 7.11 Å². The van der Waals surface area contributed by atoms with E-state index in [1.807, 2.05) is 41.5 Å². The molecule has 1 N–H and O–H groups in total. The van der Waals surface area contributed by atoms with Crippen molar-refractivity contribution in [2.75, 3.05) is 7.11 Å². The fraction of sp³-hybridized carbons (Fsp3) is 0.520. The van der Waals surface area contributed by atoms with Gasteiger partial charge in [-0.3, -0.25) is 0 Å². The largest absolute Gasteiger partial charge is 0.427 e. The van der Waals surface area contributed by atoms with Gasteiger partial charge in [0.15, 0.2) is 0 Å². The van der Waals surface area contributed by atoms with Gasteiger partial charge in [-0.15, -0.1) is 0 Å². The highest BCUT2D eigenvalue weighted by Gasteiger charge is 2.42. The van der Waals surface area contributed by atoms with Crippen LogP contribution in [0.25, 0.3) is 0 Å². The number of hydrogen-bond acceptors (Lipinski definition) is 2. The average molecular weight is 539 g/mol. The maximum atomic E-state index is 12.7. The van der Waals surface area contributed by atoms with E-state index in [1.165, 1.54) is 18.2 Å². The molecule has 0 aliphatic carbocycles. The molecule has 0 aliphatic rings. The van der Waals surface area contributed by atoms with Crippen molar-refractivity contribution >= 4 is 27.0 Å². The first kappa shape index (κ1) is 31.4. The Hall–Kier alpha value is -1.63. The molecular formula is C25H36F6O2Si2. The predicted octanol–water partition coefficient (Wildman–Crippen LogP) is 7.21. The third-order valence-electron chi connectivity index (χ3n) is 6.66. The van der Waals surface area contributed by atoms with Gasteiger partial charge < -0.3 is 9.22 Å². The number of hydrogen-bond donors (Lipinski definition) is 1. The summed E-state index contributed by atoms with van der Waals surface area (Å²) in [5, 5.41) is 1.18. The minimum absolute atomic E-state index is 0.0269. The van der Waals surface area contributed by atoms with Crippen LogP contribution in [0.3, 0.4) is 0 Å². The van der Waals surface area contributed by atoms with Crippen molar-refractivity contribution in [1.82, 2.24) is 0 Å². The highest BCUT2D eigenvalue weighted by Crippen LogP contribution is 2.33. The van der Waals surface area contributed by atoms with Gasteiger partial charge in [0.1, 0.15) is 0 Å². The highest BCUT2D eigenvalue weighted by atomic mass is 28.4. The standard InChI is InChI=1S/C13H19F3OSi.C12H17F3OSi/c1-9(2)18(17,10(3)4)12-7-5-6-11(8-12)13(14,15)16;1-4-17(5-2,16-3)11-8-6-7-10(9-11)12(13,14)15/h5-10,17H,1-4H3;6-9H,4-5H2,1-3H3. The lowest BCUT2D eigenvalue weighted by atomic mass is 10.2. The van der Waals surface area contributed by atoms with Crippen molar-refractivity contribution in [3.05, 3.63) is 59.7 Å². The zero-order valence-electron chi connectivity index (χ0n) is 21.3. The molecule has 198 valence electrons. The molecule has 2 aromatic carbocycles. The molecule has 0 unspecified atom stereocenters. The normalized spacial score (nSPS) is 13.1. The molecule has 2 nitrogen and oxygen atoms in total. The highest BCUT2D eigenvalue weighted by molar-refractivity contribution is 6.87. The van der Waals surface area contributed by atoms with Crippen LogP contribution < -0.4 is 10.4 Å². The molecule has 0 fully saturated rings. The first-order valence-electron chi connectivity index (χ1n) is 11.6. The van der Waals surface area contributed by atoms with E-state index < -0.39 is 40.1 Å². The van der Waals surface area contributed by atoms with E-state index in [9.17, 15) is 31.1 Å². The van der Waals surface area contributed by atoms with Crippen LogP contribution >= 0.6 is 0 Å². The van der Waals surface area contributed by atoms with Crippen molar-refractivity contribution in [1.29, 1.82) is 0 Å². The fourth-order valence-corrected chi connectivity index (χ4v) is 10.7. The van der Waals surface area contributed by atoms with E-state index in [4.69, 9.17) is 4.43 Å². The van der Waals surface area contributed by atoms with Crippen LogP contribution in [0.15, 0.2) is 48.5 Å². The van der Waals surface area contributed by atoms with Crippen molar-refractivity contribution in [3.63, 3.8) is 0 Å². The van der Waals surface area contributed by atoms with Gasteiger partial charge in [0.25, 0.3) is 0 Å². The van der Waals surface area contributed by atoms with Crippen molar-refractivity contribution in [2.24, 2.45) is 0 Å². The van der Waals surface area contributed by atoms with Gasteiger partial charge >= 0.3 is 12.4 Å². The molecule has 0 heterocycles. The Kier molecular flexibility index (Phi) is 10.8. The third-order valence-corrected chi connectivity index (χ3v) is 15.8. The molecule has 0 bridgehead atoms. The Balaban J connectivity index is 0.000000351. The smallest absolute Gasteiger partial charge is 0.416 e. The van der Waals surface area contributed by atoms with Crippen LogP contribution in [0.2, 0.25) is 23.2 Å². The number of halogens is 6. The molecule has 0 amide bonds. The lowest BCUT2D eigenvalue weighted by Crippen LogP contribution is -2.53. The minimum Gasteiger partial charge on any atom is -0.427 e. The van der Waals surface area contributed by atoms with Crippen molar-refractivity contribution in [2.45, 2.75) is 77.1 Å². The summed E-state index contributed by atoms with van der Waals surface area (Å²) in [5.41, 5.74) is -1.33. The molecule has 0 radical (unpaired) electrons. The lowest BCUT2D eigenvalue weighted by molar-refractivity contribution is -0.138. The average Bonchev–Trinajstić information content (AvgIpc) is 2.79. The monoisotopic (exact) mass is 538 g/mol. The maximum absolute atomic E-state index is 12.7. The second-order valence-corrected chi connectivity index (χ2v) is 18.1. The summed E-state index contributed by atoms with van der Waals surface area (Å²) in [6.07, 6.45) is -8.65. The van der Waals surface area contributed by atoms with Gasteiger partial charge in [0.05, 0.1) is 11.1 Å². The Bertz CT molecular complexity index is 922. The Morgan fingerprint density at radius 3 is 1.43 bits per heavy atom. The Morgan fingerprint density at radius 2 is 1.11 bits per heavy atom. The van der Waals surface area contributed by atoms with E-state index in [0.717, 1.165) is 35.5 Å². The molecule has 0 aliphatic heterocycles. The Labute approximate surface area is 206 Å². The molecule has 35 heavy (non-hydrogen) atoms. The molecule has 0 aromatic heterocycles. The van der Waals surface area contributed by atoms with E-state index in [0.29, 0.717) is 5.19 Å². The summed E-state index contributed by atoms with van der Waals surface area (Å²) < 4.78 is 81.6. The maximum Gasteiger partial charge on any atom is 0.416 e. The van der Waals surface area contributed by atoms with Crippen LogP contribution in [-0.2, 0) is 16.8 Å². The second-order valence-electron chi connectivity index (χ2n) is 9.20. The van der Waals surface area contributed by atoms with Crippen molar-refractivity contribution < 1.29 is 35.6 Å². The van der Waals surface area contributed by atoms with E-state index >= 15 is 0 Å². The van der Waals surface area contributed by atoms with Crippen LogP contribution in [0.4, 0.5) is 26.3 Å². The summed E-state index contributed by atoms with van der Waals surface area (Å²) in [6.45, 7) is 11.4. The molecule has 2 aromatic rings. The first-order chi connectivity index (χ1) is 16.0. The summed E-state index contributed by atoms with van der Waals surface area (Å²) >= 11 is 0. The SMILES string of the molecule is CC(C)[Si](O)(c1cccc(C(F)(F)F)c1)C(C)C.CC[Si](CC)(OC)c1cccc(C(F)(F)F)c1. The quantitative estimate of drug-likeness (QED) is 0.298. The van der Waals surface area contributed by atoms with E-state index in [2.05, 4.69) is 0 Å². The topological polar surface area (TPSA) is 29.5 Å². The number of alkyl halides is 6. The zero-order chi connectivity index (χ0) is 27.2. The van der Waals surface area contributed by atoms with Gasteiger partial charge in [-0.05, 0) is 45.7 Å². The van der Waals surface area contributed by atoms with Crippen LogP contribution in [-0.4, -0.2) is 28.5 Å². The first-order valence-corrected chi connectivity index (χ1v) is 16.0. The molecule has 0 saturated carbocycles. The molecule has 10 heteroatoms. The van der Waals surface area contributed by atoms with Gasteiger partial charge in [-0.2, -0.15) is 26.3 Å². The van der Waals surface area contributed by atoms with Crippen molar-refractivity contribution in [3.8, 4) is 0 Å². The Morgan fingerprint density at radius 1 is 0.743 bits per heavy atom. The molecule has 0 saturated heterocycles. The molecule has 0 atom stereocenters. The van der Waals surface area contributed by atoms with Gasteiger partial charge in [-0.1, -0.05) is 77.9 Å². The number of rotatable bonds is 7. The third kappa shape index (κ3) is 7.44. The summed E-state index contributed by atoms with van der Waals surface area (Å²) in [5.74, 6) is 0. The fourth-order valence-electron chi connectivity index (χ4n) is 4.32. The second kappa shape index (κ2) is 12.1. The summed E-state index contributed by atoms with van der Waals surface area (Å²) in [6, 6.07) is 12.2. The van der Waals surface area contributed by atoms with E-state index in [1.54, 1.807) is 19.2 Å². The lowest BCUT2D eigenvalue weighted by Gasteiger charge is -2.34. The van der Waals surface area contributed by atoms with Crippen LogP contribution in [0.1, 0.15) is 52.7 Å². The minimum atomic E-state index is -4.36. The summed E-state index contributed by atoms with van der Waals surface area (Å²) in [4.78, 5) is 10.8. The van der Waals surface area contributed by atoms with Gasteiger partial charge in [-0.25, -0.2) is 0 Å². The molecule has 2 rings (SSSR count). The van der Waals surface area contributed by atoms with Crippen LogP contribution in [0, 0.1) is 0 Å². The zero-order valence-corrected chi connectivity index (χ0v) is 23.3.